The first-order valence-corrected chi connectivity index (χ1v) is 5.93. The summed E-state index contributed by atoms with van der Waals surface area (Å²) in [7, 11) is 1.81. The summed E-state index contributed by atoms with van der Waals surface area (Å²) in [5.41, 5.74) is 0.186. The van der Waals surface area contributed by atoms with E-state index in [1.54, 1.807) is 18.2 Å². The largest absolute Gasteiger partial charge is 0.439 e. The number of hydrogen-bond donors (Lipinski definition) is 1. The second kappa shape index (κ2) is 5.92. The highest BCUT2D eigenvalue weighted by atomic mass is 19.4. The molecule has 0 aliphatic heterocycles. The first kappa shape index (κ1) is 14.3. The third-order valence-corrected chi connectivity index (χ3v) is 2.56. The van der Waals surface area contributed by atoms with E-state index >= 15 is 0 Å². The molecule has 1 aromatic heterocycles. The SMILES string of the molecule is CNCc1cccc(Oc2cc(C(F)(F)F)ccn2)c1. The van der Waals surface area contributed by atoms with Gasteiger partial charge in [0.2, 0.25) is 5.88 Å². The first-order chi connectivity index (χ1) is 9.49. The Hall–Kier alpha value is -2.08. The zero-order valence-corrected chi connectivity index (χ0v) is 10.7. The molecule has 106 valence electrons. The van der Waals surface area contributed by atoms with Crippen molar-refractivity contribution in [2.75, 3.05) is 7.05 Å². The van der Waals surface area contributed by atoms with Crippen LogP contribution in [0, 0.1) is 0 Å². The Labute approximate surface area is 114 Å². The lowest BCUT2D eigenvalue weighted by atomic mass is 10.2. The van der Waals surface area contributed by atoms with Crippen LogP contribution in [0.2, 0.25) is 0 Å². The van der Waals surface area contributed by atoms with E-state index in [9.17, 15) is 13.2 Å². The number of ether oxygens (including phenoxy) is 1. The van der Waals surface area contributed by atoms with Gasteiger partial charge in [-0.2, -0.15) is 13.2 Å². The van der Waals surface area contributed by atoms with Crippen molar-refractivity contribution in [3.8, 4) is 11.6 Å². The van der Waals surface area contributed by atoms with Crippen molar-refractivity contribution < 1.29 is 17.9 Å². The van der Waals surface area contributed by atoms with Gasteiger partial charge in [0, 0.05) is 18.8 Å². The molecule has 0 unspecified atom stereocenters. The average Bonchev–Trinajstić information content (AvgIpc) is 2.39. The average molecular weight is 282 g/mol. The number of alkyl halides is 3. The molecule has 0 aliphatic carbocycles. The minimum absolute atomic E-state index is 0.0820. The van der Waals surface area contributed by atoms with Crippen LogP contribution in [-0.4, -0.2) is 12.0 Å². The van der Waals surface area contributed by atoms with E-state index in [0.29, 0.717) is 12.3 Å². The third kappa shape index (κ3) is 3.71. The first-order valence-electron chi connectivity index (χ1n) is 5.93. The number of nitrogens with one attached hydrogen (secondary N) is 1. The van der Waals surface area contributed by atoms with E-state index in [1.807, 2.05) is 13.1 Å². The van der Waals surface area contributed by atoms with Crippen LogP contribution >= 0.6 is 0 Å². The van der Waals surface area contributed by atoms with E-state index in [0.717, 1.165) is 23.9 Å². The van der Waals surface area contributed by atoms with Gasteiger partial charge >= 0.3 is 6.18 Å². The fourth-order valence-corrected chi connectivity index (χ4v) is 1.69. The number of benzene rings is 1. The number of pyridine rings is 1. The fraction of sp³-hybridized carbons (Fsp3) is 0.214. The van der Waals surface area contributed by atoms with Crippen LogP contribution in [0.5, 0.6) is 11.6 Å². The predicted molar refractivity (Wildman–Crippen MR) is 68.5 cm³/mol. The molecule has 2 aromatic rings. The fourth-order valence-electron chi connectivity index (χ4n) is 1.69. The molecule has 1 aromatic carbocycles. The van der Waals surface area contributed by atoms with Gasteiger partial charge in [0.25, 0.3) is 0 Å². The van der Waals surface area contributed by atoms with Gasteiger partial charge in [-0.15, -0.1) is 0 Å². The molecule has 0 saturated heterocycles. The van der Waals surface area contributed by atoms with E-state index in [2.05, 4.69) is 10.3 Å². The second-order valence-electron chi connectivity index (χ2n) is 4.16. The number of halogens is 3. The Morgan fingerprint density at radius 1 is 1.20 bits per heavy atom. The number of nitrogens with zero attached hydrogens (tertiary/aromatic N) is 1. The number of rotatable bonds is 4. The van der Waals surface area contributed by atoms with Crippen LogP contribution in [0.4, 0.5) is 13.2 Å². The molecule has 0 aliphatic rings. The van der Waals surface area contributed by atoms with Crippen LogP contribution in [0.25, 0.3) is 0 Å². The maximum absolute atomic E-state index is 12.6. The molecule has 0 saturated carbocycles. The maximum Gasteiger partial charge on any atom is 0.416 e. The van der Waals surface area contributed by atoms with Gasteiger partial charge in [0.1, 0.15) is 5.75 Å². The van der Waals surface area contributed by atoms with E-state index in [4.69, 9.17) is 4.74 Å². The second-order valence-corrected chi connectivity index (χ2v) is 4.16. The molecule has 6 heteroatoms. The molecule has 1 heterocycles. The Kier molecular flexibility index (Phi) is 4.24. The van der Waals surface area contributed by atoms with E-state index in [-0.39, 0.29) is 5.88 Å². The summed E-state index contributed by atoms with van der Waals surface area (Å²) in [5, 5.41) is 2.98. The summed E-state index contributed by atoms with van der Waals surface area (Å²) in [6, 6.07) is 8.87. The zero-order chi connectivity index (χ0) is 14.6. The van der Waals surface area contributed by atoms with Gasteiger partial charge in [-0.3, -0.25) is 0 Å². The Morgan fingerprint density at radius 3 is 2.70 bits per heavy atom. The van der Waals surface area contributed by atoms with Gasteiger partial charge in [-0.05, 0) is 30.8 Å². The molecule has 1 N–H and O–H groups in total. The number of hydrogen-bond acceptors (Lipinski definition) is 3. The molecule has 0 amide bonds. The molecule has 2 rings (SSSR count). The summed E-state index contributed by atoms with van der Waals surface area (Å²) >= 11 is 0. The topological polar surface area (TPSA) is 34.1 Å². The molecule has 0 radical (unpaired) electrons. The van der Waals surface area contributed by atoms with Gasteiger partial charge < -0.3 is 10.1 Å². The lowest BCUT2D eigenvalue weighted by Gasteiger charge is -2.09. The van der Waals surface area contributed by atoms with Crippen LogP contribution in [-0.2, 0) is 12.7 Å². The molecular formula is C14H13F3N2O. The highest BCUT2D eigenvalue weighted by Crippen LogP contribution is 2.31. The molecule has 0 spiro atoms. The monoisotopic (exact) mass is 282 g/mol. The maximum atomic E-state index is 12.6. The van der Waals surface area contributed by atoms with Gasteiger partial charge in [-0.25, -0.2) is 4.98 Å². The summed E-state index contributed by atoms with van der Waals surface area (Å²) in [4.78, 5) is 3.79. The predicted octanol–water partition coefficient (Wildman–Crippen LogP) is 3.61. The molecule has 3 nitrogen and oxygen atoms in total. The van der Waals surface area contributed by atoms with Crippen LogP contribution < -0.4 is 10.1 Å². The molecule has 0 fully saturated rings. The Bertz CT molecular complexity index is 585. The molecular weight excluding hydrogens is 269 g/mol. The van der Waals surface area contributed by atoms with Crippen molar-refractivity contribution in [1.29, 1.82) is 0 Å². The van der Waals surface area contributed by atoms with Crippen molar-refractivity contribution in [1.82, 2.24) is 10.3 Å². The summed E-state index contributed by atoms with van der Waals surface area (Å²) in [6.07, 6.45) is -3.33. The normalized spacial score (nSPS) is 11.4. The van der Waals surface area contributed by atoms with E-state index in [1.165, 1.54) is 0 Å². The molecule has 20 heavy (non-hydrogen) atoms. The summed E-state index contributed by atoms with van der Waals surface area (Å²) in [5.74, 6) is 0.367. The molecule has 0 bridgehead atoms. The Balaban J connectivity index is 2.19. The third-order valence-electron chi connectivity index (χ3n) is 2.56. The quantitative estimate of drug-likeness (QED) is 0.930. The van der Waals surface area contributed by atoms with Gasteiger partial charge in [-0.1, -0.05) is 12.1 Å². The highest BCUT2D eigenvalue weighted by Gasteiger charge is 2.31. The lowest BCUT2D eigenvalue weighted by Crippen LogP contribution is -2.06. The van der Waals surface area contributed by atoms with Crippen LogP contribution in [0.1, 0.15) is 11.1 Å². The van der Waals surface area contributed by atoms with E-state index < -0.39 is 11.7 Å². The van der Waals surface area contributed by atoms with Crippen molar-refractivity contribution in [3.63, 3.8) is 0 Å². The minimum Gasteiger partial charge on any atom is -0.439 e. The number of aromatic nitrogens is 1. The zero-order valence-electron chi connectivity index (χ0n) is 10.7. The summed E-state index contributed by atoms with van der Waals surface area (Å²) in [6.45, 7) is 0.646. The Morgan fingerprint density at radius 2 is 2.00 bits per heavy atom. The van der Waals surface area contributed by atoms with Crippen molar-refractivity contribution >= 4 is 0 Å². The standard InChI is InChI=1S/C14H13F3N2O/c1-18-9-10-3-2-4-12(7-10)20-13-8-11(5-6-19-13)14(15,16)17/h2-8,18H,9H2,1H3. The molecule has 0 atom stereocenters. The summed E-state index contributed by atoms with van der Waals surface area (Å²) < 4.78 is 43.1. The smallest absolute Gasteiger partial charge is 0.416 e. The van der Waals surface area contributed by atoms with Gasteiger partial charge in [0.15, 0.2) is 0 Å². The van der Waals surface area contributed by atoms with Crippen molar-refractivity contribution in [2.24, 2.45) is 0 Å². The van der Waals surface area contributed by atoms with Crippen LogP contribution in [0.15, 0.2) is 42.6 Å². The van der Waals surface area contributed by atoms with Gasteiger partial charge in [0.05, 0.1) is 5.56 Å². The van der Waals surface area contributed by atoms with Crippen molar-refractivity contribution in [2.45, 2.75) is 12.7 Å². The minimum atomic E-state index is -4.41. The van der Waals surface area contributed by atoms with Crippen LogP contribution in [0.3, 0.4) is 0 Å². The highest BCUT2D eigenvalue weighted by molar-refractivity contribution is 5.33. The lowest BCUT2D eigenvalue weighted by molar-refractivity contribution is -0.137. The van der Waals surface area contributed by atoms with Crippen molar-refractivity contribution in [3.05, 3.63) is 53.7 Å².